The van der Waals surface area contributed by atoms with Crippen molar-refractivity contribution >= 4 is 43.8 Å². The monoisotopic (exact) mass is 423 g/mol. The summed E-state index contributed by atoms with van der Waals surface area (Å²) < 4.78 is 22.3. The summed E-state index contributed by atoms with van der Waals surface area (Å²) in [4.78, 5) is 21.4. The number of para-hydroxylation sites is 1. The van der Waals surface area contributed by atoms with Gasteiger partial charge in [-0.2, -0.15) is 4.39 Å². The van der Waals surface area contributed by atoms with E-state index < -0.39 is 11.6 Å². The van der Waals surface area contributed by atoms with Gasteiger partial charge in [0.15, 0.2) is 0 Å². The number of pyridine rings is 2. The second kappa shape index (κ2) is 6.99. The first-order chi connectivity index (χ1) is 15.6. The quantitative estimate of drug-likeness (QED) is 0.348. The lowest BCUT2D eigenvalue weighted by atomic mass is 10.1. The zero-order chi connectivity index (χ0) is 21.8. The fraction of sp³-hybridized carbons (Fsp3) is 0.115. The van der Waals surface area contributed by atoms with E-state index in [0.717, 1.165) is 39.0 Å². The lowest BCUT2D eigenvalue weighted by Crippen LogP contribution is -2.10. The van der Waals surface area contributed by atoms with Crippen LogP contribution in [-0.4, -0.2) is 14.5 Å². The summed E-state index contributed by atoms with van der Waals surface area (Å²) in [5, 5.41) is 3.32. The van der Waals surface area contributed by atoms with Crippen LogP contribution in [0, 0.1) is 5.95 Å². The molecule has 2 aromatic carbocycles. The highest BCUT2D eigenvalue weighted by molar-refractivity contribution is 6.18. The van der Waals surface area contributed by atoms with Gasteiger partial charge in [-0.15, -0.1) is 0 Å². The van der Waals surface area contributed by atoms with Gasteiger partial charge in [0, 0.05) is 38.8 Å². The van der Waals surface area contributed by atoms with Crippen LogP contribution in [0.1, 0.15) is 18.1 Å². The first-order valence-corrected chi connectivity index (χ1v) is 10.5. The predicted octanol–water partition coefficient (Wildman–Crippen LogP) is 5.59. The summed E-state index contributed by atoms with van der Waals surface area (Å²) in [6.07, 6.45) is 2.47. The van der Waals surface area contributed by atoms with E-state index in [4.69, 9.17) is 4.42 Å². The van der Waals surface area contributed by atoms with E-state index in [0.29, 0.717) is 22.3 Å². The molecule has 4 heterocycles. The summed E-state index contributed by atoms with van der Waals surface area (Å²) in [7, 11) is 0. The third kappa shape index (κ3) is 2.73. The summed E-state index contributed by atoms with van der Waals surface area (Å²) in [5.41, 5.74) is 3.21. The zero-order valence-electron chi connectivity index (χ0n) is 17.3. The first kappa shape index (κ1) is 18.7. The minimum Gasteiger partial charge on any atom is -0.402 e. The number of nitrogens with zero attached hydrogens (tertiary/aromatic N) is 3. The van der Waals surface area contributed by atoms with E-state index >= 15 is 0 Å². The van der Waals surface area contributed by atoms with Gasteiger partial charge in [-0.05, 0) is 48.4 Å². The van der Waals surface area contributed by atoms with Gasteiger partial charge >= 0.3 is 5.63 Å². The zero-order valence-corrected chi connectivity index (χ0v) is 17.3. The Balaban J connectivity index is 1.70. The molecule has 6 rings (SSSR count). The van der Waals surface area contributed by atoms with Gasteiger partial charge < -0.3 is 8.98 Å². The molecule has 0 saturated heterocycles. The van der Waals surface area contributed by atoms with Gasteiger partial charge in [-0.3, -0.25) is 0 Å². The normalized spacial score (nSPS) is 11.8. The summed E-state index contributed by atoms with van der Waals surface area (Å²) in [5.74, 6) is -0.546. The Morgan fingerprint density at radius 2 is 1.91 bits per heavy atom. The van der Waals surface area contributed by atoms with E-state index in [-0.39, 0.29) is 6.54 Å². The molecule has 0 aliphatic heterocycles. The van der Waals surface area contributed by atoms with Crippen molar-refractivity contribution in [1.82, 2.24) is 14.5 Å². The van der Waals surface area contributed by atoms with Crippen LogP contribution in [0.5, 0.6) is 0 Å². The number of fused-ring (bicyclic) bond motifs is 6. The van der Waals surface area contributed by atoms with Crippen LogP contribution in [0.4, 0.5) is 4.39 Å². The molecule has 0 spiro atoms. The third-order valence-electron chi connectivity index (χ3n) is 6.04. The number of aryl methyl sites for hydroxylation is 1. The van der Waals surface area contributed by atoms with E-state index in [1.165, 1.54) is 0 Å². The second-order valence-electron chi connectivity index (χ2n) is 7.89. The van der Waals surface area contributed by atoms with Crippen LogP contribution in [0.3, 0.4) is 0 Å². The lowest BCUT2D eigenvalue weighted by Gasteiger charge is -2.09. The maximum atomic E-state index is 14.9. The topological polar surface area (TPSA) is 60.9 Å². The Bertz CT molecular complexity index is 1730. The van der Waals surface area contributed by atoms with Crippen LogP contribution in [0.25, 0.3) is 43.8 Å². The molecule has 0 bridgehead atoms. The highest BCUT2D eigenvalue weighted by Gasteiger charge is 2.20. The van der Waals surface area contributed by atoms with Gasteiger partial charge in [-0.25, -0.2) is 14.8 Å². The van der Waals surface area contributed by atoms with Crippen molar-refractivity contribution in [1.29, 1.82) is 0 Å². The molecule has 0 aliphatic rings. The van der Waals surface area contributed by atoms with Crippen molar-refractivity contribution in [2.75, 3.05) is 0 Å². The van der Waals surface area contributed by atoms with Gasteiger partial charge in [0.25, 0.3) is 0 Å². The molecule has 6 aromatic rings. The van der Waals surface area contributed by atoms with Gasteiger partial charge in [0.1, 0.15) is 5.52 Å². The van der Waals surface area contributed by atoms with Gasteiger partial charge in [0.2, 0.25) is 11.7 Å². The molecule has 4 aromatic heterocycles. The van der Waals surface area contributed by atoms with E-state index in [1.807, 2.05) is 47.0 Å². The number of hydrogen-bond donors (Lipinski definition) is 0. The average molecular weight is 423 g/mol. The number of benzene rings is 2. The summed E-state index contributed by atoms with van der Waals surface area (Å²) in [6, 6.07) is 19.0. The second-order valence-corrected chi connectivity index (χ2v) is 7.89. The number of halogens is 1. The van der Waals surface area contributed by atoms with Crippen molar-refractivity contribution in [3.63, 3.8) is 0 Å². The maximum Gasteiger partial charge on any atom is 0.362 e. The van der Waals surface area contributed by atoms with E-state index in [1.54, 1.807) is 18.3 Å². The van der Waals surface area contributed by atoms with Crippen molar-refractivity contribution in [2.45, 2.75) is 19.9 Å². The molecule has 0 N–H and O–H groups in total. The molecule has 0 aliphatic carbocycles. The van der Waals surface area contributed by atoms with Gasteiger partial charge in [-0.1, -0.05) is 31.2 Å². The summed E-state index contributed by atoms with van der Waals surface area (Å²) in [6.45, 7) is 2.25. The molecule has 0 unspecified atom stereocenters. The Labute approximate surface area is 181 Å². The Hall–Kier alpha value is -4.06. The SMILES string of the molecule is CCc1ccc2c(c1)c1c3cccnc3oc(=O)c1n2Cc1cc2ccccc2nc1F. The van der Waals surface area contributed by atoms with Gasteiger partial charge in [0.05, 0.1) is 12.1 Å². The Morgan fingerprint density at radius 1 is 1.03 bits per heavy atom. The van der Waals surface area contributed by atoms with E-state index in [9.17, 15) is 9.18 Å². The molecule has 156 valence electrons. The van der Waals surface area contributed by atoms with E-state index in [2.05, 4.69) is 23.0 Å². The predicted molar refractivity (Wildman–Crippen MR) is 123 cm³/mol. The minimum atomic E-state index is -0.546. The van der Waals surface area contributed by atoms with Crippen LogP contribution in [0.2, 0.25) is 0 Å². The molecule has 5 nitrogen and oxygen atoms in total. The standard InChI is InChI=1S/C26H18FN3O2/c1-2-15-9-10-21-19(12-15)22-18-7-5-11-28-25(18)32-26(31)23(22)30(21)14-17-13-16-6-3-4-8-20(16)29-24(17)27/h3-13H,2,14H2,1H3. The van der Waals surface area contributed by atoms with Crippen molar-refractivity contribution in [2.24, 2.45) is 0 Å². The smallest absolute Gasteiger partial charge is 0.362 e. The van der Waals surface area contributed by atoms with Crippen molar-refractivity contribution in [3.05, 3.63) is 94.4 Å². The number of rotatable bonds is 3. The Morgan fingerprint density at radius 3 is 2.78 bits per heavy atom. The largest absolute Gasteiger partial charge is 0.402 e. The van der Waals surface area contributed by atoms with Crippen LogP contribution >= 0.6 is 0 Å². The molecule has 0 amide bonds. The highest BCUT2D eigenvalue weighted by Crippen LogP contribution is 2.34. The first-order valence-electron chi connectivity index (χ1n) is 10.5. The third-order valence-corrected chi connectivity index (χ3v) is 6.04. The number of aromatic nitrogens is 3. The molecule has 32 heavy (non-hydrogen) atoms. The average Bonchev–Trinajstić information content (AvgIpc) is 3.14. The molecule has 0 atom stereocenters. The molecular weight excluding hydrogens is 405 g/mol. The number of hydrogen-bond acceptors (Lipinski definition) is 4. The Kier molecular flexibility index (Phi) is 4.08. The van der Waals surface area contributed by atoms with Crippen molar-refractivity contribution < 1.29 is 8.81 Å². The maximum absolute atomic E-state index is 14.9. The highest BCUT2D eigenvalue weighted by atomic mass is 19.1. The lowest BCUT2D eigenvalue weighted by molar-refractivity contribution is 0.549. The van der Waals surface area contributed by atoms with Crippen molar-refractivity contribution in [3.8, 4) is 0 Å². The summed E-state index contributed by atoms with van der Waals surface area (Å²) >= 11 is 0. The fourth-order valence-electron chi connectivity index (χ4n) is 4.49. The minimum absolute atomic E-state index is 0.158. The molecule has 0 radical (unpaired) electrons. The molecule has 6 heteroatoms. The fourth-order valence-corrected chi connectivity index (χ4v) is 4.49. The van der Waals surface area contributed by atoms with Crippen LogP contribution in [-0.2, 0) is 13.0 Å². The van der Waals surface area contributed by atoms with Crippen LogP contribution < -0.4 is 5.63 Å². The molecule has 0 saturated carbocycles. The molecular formula is C26H18FN3O2. The van der Waals surface area contributed by atoms with Crippen LogP contribution in [0.15, 0.2) is 76.1 Å². The molecule has 0 fully saturated rings.